The number of carbonyl (C=O) groups excluding carboxylic acids is 1. The van der Waals surface area contributed by atoms with Gasteiger partial charge in [-0.2, -0.15) is 0 Å². The first-order valence-electron chi connectivity index (χ1n) is 7.17. The Hall–Kier alpha value is -2.68. The maximum Gasteiger partial charge on any atom is 0.227 e. The zero-order valence-corrected chi connectivity index (χ0v) is 12.9. The second kappa shape index (κ2) is 6.85. The lowest BCUT2D eigenvalue weighted by Gasteiger charge is -2.20. The molecule has 0 unspecified atom stereocenters. The summed E-state index contributed by atoms with van der Waals surface area (Å²) >= 11 is 0. The standard InChI is InChI=1S/C10H13NO.C9H7N/c1-10(2,9(11)12)8-6-4-3-5-7-8;1-2-6-9-8(4-1)5-3-7-10-9/h3-7H,1-2H3,(H2,11,12);1-7H. The molecule has 3 rings (SSSR count). The van der Waals surface area contributed by atoms with E-state index in [-0.39, 0.29) is 5.91 Å². The van der Waals surface area contributed by atoms with Crippen LogP contribution in [0, 0.1) is 0 Å². The number of hydrogen-bond acceptors (Lipinski definition) is 2. The number of nitrogens with zero attached hydrogens (tertiary/aromatic N) is 1. The van der Waals surface area contributed by atoms with Crippen LogP contribution in [0.15, 0.2) is 72.9 Å². The number of pyridine rings is 1. The Morgan fingerprint density at radius 1 is 0.909 bits per heavy atom. The van der Waals surface area contributed by atoms with E-state index >= 15 is 0 Å². The van der Waals surface area contributed by atoms with Gasteiger partial charge < -0.3 is 5.73 Å². The van der Waals surface area contributed by atoms with Gasteiger partial charge in [0.1, 0.15) is 0 Å². The van der Waals surface area contributed by atoms with Gasteiger partial charge >= 0.3 is 0 Å². The summed E-state index contributed by atoms with van der Waals surface area (Å²) in [4.78, 5) is 15.2. The van der Waals surface area contributed by atoms with E-state index in [0.717, 1.165) is 11.1 Å². The fraction of sp³-hybridized carbons (Fsp3) is 0.158. The number of fused-ring (bicyclic) bond motifs is 1. The maximum atomic E-state index is 11.0. The number of para-hydroxylation sites is 1. The van der Waals surface area contributed by atoms with Crippen molar-refractivity contribution in [2.45, 2.75) is 19.3 Å². The minimum atomic E-state index is -0.568. The number of rotatable bonds is 2. The molecular formula is C19H20N2O. The fourth-order valence-corrected chi connectivity index (χ4v) is 2.01. The average Bonchev–Trinajstić information content (AvgIpc) is 2.56. The number of amides is 1. The largest absolute Gasteiger partial charge is 0.369 e. The Kier molecular flexibility index (Phi) is 4.89. The summed E-state index contributed by atoms with van der Waals surface area (Å²) < 4.78 is 0. The second-order valence-corrected chi connectivity index (χ2v) is 5.55. The number of aromatic nitrogens is 1. The molecule has 1 heterocycles. The van der Waals surface area contributed by atoms with Crippen LogP contribution in [0.1, 0.15) is 19.4 Å². The van der Waals surface area contributed by atoms with Gasteiger partial charge in [0, 0.05) is 11.6 Å². The van der Waals surface area contributed by atoms with Crippen LogP contribution < -0.4 is 5.73 Å². The first kappa shape index (κ1) is 15.7. The molecule has 2 aromatic carbocycles. The van der Waals surface area contributed by atoms with Crippen LogP contribution in [0.2, 0.25) is 0 Å². The van der Waals surface area contributed by atoms with E-state index < -0.39 is 5.41 Å². The number of carbonyl (C=O) groups is 1. The average molecular weight is 292 g/mol. The molecule has 0 atom stereocenters. The zero-order chi connectivity index (χ0) is 16.0. The Morgan fingerprint density at radius 3 is 2.14 bits per heavy atom. The summed E-state index contributed by atoms with van der Waals surface area (Å²) in [5.41, 5.74) is 6.71. The van der Waals surface area contributed by atoms with Gasteiger partial charge in [-0.05, 0) is 31.5 Å². The molecule has 1 aromatic heterocycles. The Labute approximate surface area is 130 Å². The van der Waals surface area contributed by atoms with Gasteiger partial charge in [-0.25, -0.2) is 0 Å². The topological polar surface area (TPSA) is 56.0 Å². The molecule has 0 aliphatic carbocycles. The molecule has 3 heteroatoms. The molecule has 0 aliphatic rings. The molecule has 0 saturated heterocycles. The second-order valence-electron chi connectivity index (χ2n) is 5.55. The molecule has 1 amide bonds. The van der Waals surface area contributed by atoms with Crippen LogP contribution in [0.3, 0.4) is 0 Å². The lowest BCUT2D eigenvalue weighted by Crippen LogP contribution is -2.35. The van der Waals surface area contributed by atoms with Crippen molar-refractivity contribution in [3.05, 3.63) is 78.5 Å². The van der Waals surface area contributed by atoms with Gasteiger partial charge in [0.05, 0.1) is 10.9 Å². The quantitative estimate of drug-likeness (QED) is 0.783. The van der Waals surface area contributed by atoms with Crippen molar-refractivity contribution in [1.29, 1.82) is 0 Å². The van der Waals surface area contributed by atoms with Crippen LogP contribution in [-0.2, 0) is 10.2 Å². The zero-order valence-electron chi connectivity index (χ0n) is 12.9. The van der Waals surface area contributed by atoms with E-state index in [4.69, 9.17) is 5.73 Å². The predicted molar refractivity (Wildman–Crippen MR) is 90.4 cm³/mol. The molecule has 0 spiro atoms. The monoisotopic (exact) mass is 292 g/mol. The van der Waals surface area contributed by atoms with Crippen molar-refractivity contribution in [1.82, 2.24) is 4.98 Å². The molecule has 112 valence electrons. The van der Waals surface area contributed by atoms with Crippen molar-refractivity contribution >= 4 is 16.8 Å². The third kappa shape index (κ3) is 3.70. The molecule has 3 nitrogen and oxygen atoms in total. The van der Waals surface area contributed by atoms with Crippen LogP contribution >= 0.6 is 0 Å². The molecule has 3 aromatic rings. The summed E-state index contributed by atoms with van der Waals surface area (Å²) in [6.45, 7) is 3.65. The summed E-state index contributed by atoms with van der Waals surface area (Å²) in [5.74, 6) is -0.297. The predicted octanol–water partition coefficient (Wildman–Crippen LogP) is 3.68. The van der Waals surface area contributed by atoms with Crippen LogP contribution in [0.25, 0.3) is 10.9 Å². The normalized spacial score (nSPS) is 10.6. The van der Waals surface area contributed by atoms with Gasteiger partial charge in [0.2, 0.25) is 5.91 Å². The Balaban J connectivity index is 0.000000162. The highest BCUT2D eigenvalue weighted by molar-refractivity contribution is 5.85. The summed E-state index contributed by atoms with van der Waals surface area (Å²) in [6, 6.07) is 21.6. The van der Waals surface area contributed by atoms with Crippen molar-refractivity contribution in [3.8, 4) is 0 Å². The lowest BCUT2D eigenvalue weighted by atomic mass is 9.84. The first-order valence-corrected chi connectivity index (χ1v) is 7.17. The summed E-state index contributed by atoms with van der Waals surface area (Å²) in [6.07, 6.45) is 1.81. The van der Waals surface area contributed by atoms with E-state index in [0.29, 0.717) is 0 Å². The third-order valence-electron chi connectivity index (χ3n) is 3.62. The molecule has 0 bridgehead atoms. The van der Waals surface area contributed by atoms with E-state index in [1.54, 1.807) is 0 Å². The van der Waals surface area contributed by atoms with Gasteiger partial charge in [-0.1, -0.05) is 54.6 Å². The highest BCUT2D eigenvalue weighted by atomic mass is 16.1. The van der Waals surface area contributed by atoms with E-state index in [2.05, 4.69) is 17.1 Å². The van der Waals surface area contributed by atoms with Crippen molar-refractivity contribution in [3.63, 3.8) is 0 Å². The molecule has 22 heavy (non-hydrogen) atoms. The van der Waals surface area contributed by atoms with Gasteiger partial charge in [0.25, 0.3) is 0 Å². The Morgan fingerprint density at radius 2 is 1.50 bits per heavy atom. The van der Waals surface area contributed by atoms with E-state index in [9.17, 15) is 4.79 Å². The van der Waals surface area contributed by atoms with E-state index in [1.165, 1.54) is 5.39 Å². The molecule has 0 aliphatic heterocycles. The molecule has 2 N–H and O–H groups in total. The first-order chi connectivity index (χ1) is 10.5. The lowest BCUT2D eigenvalue weighted by molar-refractivity contribution is -0.122. The highest BCUT2D eigenvalue weighted by Gasteiger charge is 2.26. The molecule has 0 saturated carbocycles. The smallest absolute Gasteiger partial charge is 0.227 e. The fourth-order valence-electron chi connectivity index (χ4n) is 2.01. The van der Waals surface area contributed by atoms with E-state index in [1.807, 2.05) is 74.6 Å². The van der Waals surface area contributed by atoms with Crippen LogP contribution in [0.5, 0.6) is 0 Å². The van der Waals surface area contributed by atoms with Gasteiger partial charge in [0.15, 0.2) is 0 Å². The molecule has 0 radical (unpaired) electrons. The van der Waals surface area contributed by atoms with Crippen LogP contribution in [-0.4, -0.2) is 10.9 Å². The molecular weight excluding hydrogens is 272 g/mol. The van der Waals surface area contributed by atoms with Crippen LogP contribution in [0.4, 0.5) is 0 Å². The SMILES string of the molecule is CC(C)(C(N)=O)c1ccccc1.c1ccc2ncccc2c1. The Bertz CT molecular complexity index is 686. The number of primary amides is 1. The minimum absolute atomic E-state index is 0.297. The van der Waals surface area contributed by atoms with Crippen molar-refractivity contribution in [2.75, 3.05) is 0 Å². The number of nitrogens with two attached hydrogens (primary N) is 1. The summed E-state index contributed by atoms with van der Waals surface area (Å²) in [5, 5.41) is 1.20. The number of benzene rings is 2. The number of hydrogen-bond donors (Lipinski definition) is 1. The highest BCUT2D eigenvalue weighted by Crippen LogP contribution is 2.21. The van der Waals surface area contributed by atoms with Gasteiger partial charge in [-0.15, -0.1) is 0 Å². The third-order valence-corrected chi connectivity index (χ3v) is 3.62. The van der Waals surface area contributed by atoms with Crippen molar-refractivity contribution in [2.24, 2.45) is 5.73 Å². The summed E-state index contributed by atoms with van der Waals surface area (Å²) in [7, 11) is 0. The maximum absolute atomic E-state index is 11.0. The molecule has 0 fully saturated rings. The minimum Gasteiger partial charge on any atom is -0.369 e. The van der Waals surface area contributed by atoms with Gasteiger partial charge in [-0.3, -0.25) is 9.78 Å². The van der Waals surface area contributed by atoms with Crippen molar-refractivity contribution < 1.29 is 4.79 Å².